The van der Waals surface area contributed by atoms with Crippen LogP contribution in [0.1, 0.15) is 38.3 Å². The van der Waals surface area contributed by atoms with Crippen LogP contribution in [0.3, 0.4) is 0 Å². The van der Waals surface area contributed by atoms with Crippen LogP contribution in [-0.4, -0.2) is 34.5 Å². The highest BCUT2D eigenvalue weighted by Crippen LogP contribution is 2.22. The van der Waals surface area contributed by atoms with Crippen molar-refractivity contribution >= 4 is 17.2 Å². The molecule has 2 heterocycles. The number of thiazole rings is 1. The number of carbonyl (C=O) groups is 1. The van der Waals surface area contributed by atoms with Gasteiger partial charge in [-0.2, -0.15) is 0 Å². The monoisotopic (exact) mass is 344 g/mol. The standard InChI is InChI=1S/C18H24N4OS/c1-13(17(23)21-15-6-2-3-7-15)20-10-8-16-12-24-18(22-16)14-5-4-9-19-11-14/h4-5,9,11-13,15,20H,2-3,6-8,10H2,1H3,(H,21,23). The van der Waals surface area contributed by atoms with E-state index in [0.29, 0.717) is 6.04 Å². The van der Waals surface area contributed by atoms with Crippen LogP contribution >= 0.6 is 11.3 Å². The lowest BCUT2D eigenvalue weighted by Gasteiger charge is -2.17. The van der Waals surface area contributed by atoms with Crippen LogP contribution in [0.4, 0.5) is 0 Å². The highest BCUT2D eigenvalue weighted by atomic mass is 32.1. The predicted octanol–water partition coefficient (Wildman–Crippen LogP) is 2.78. The maximum atomic E-state index is 12.1. The maximum absolute atomic E-state index is 12.1. The summed E-state index contributed by atoms with van der Waals surface area (Å²) in [6.07, 6.45) is 9.11. The van der Waals surface area contributed by atoms with Gasteiger partial charge in [0.2, 0.25) is 5.91 Å². The Kier molecular flexibility index (Phi) is 5.93. The molecular weight excluding hydrogens is 320 g/mol. The van der Waals surface area contributed by atoms with Gasteiger partial charge in [-0.25, -0.2) is 4.98 Å². The third kappa shape index (κ3) is 4.61. The van der Waals surface area contributed by atoms with Crippen molar-refractivity contribution in [3.63, 3.8) is 0 Å². The van der Waals surface area contributed by atoms with Crippen LogP contribution in [0, 0.1) is 0 Å². The van der Waals surface area contributed by atoms with Crippen molar-refractivity contribution in [2.24, 2.45) is 0 Å². The molecule has 1 amide bonds. The summed E-state index contributed by atoms with van der Waals surface area (Å²) < 4.78 is 0. The lowest BCUT2D eigenvalue weighted by molar-refractivity contribution is -0.123. The summed E-state index contributed by atoms with van der Waals surface area (Å²) in [4.78, 5) is 20.9. The van der Waals surface area contributed by atoms with E-state index in [1.54, 1.807) is 17.5 Å². The van der Waals surface area contributed by atoms with E-state index in [1.807, 2.05) is 25.3 Å². The average Bonchev–Trinajstić information content (AvgIpc) is 3.27. The van der Waals surface area contributed by atoms with E-state index in [2.05, 4.69) is 26.0 Å². The topological polar surface area (TPSA) is 66.9 Å². The van der Waals surface area contributed by atoms with Crippen LogP contribution in [0.2, 0.25) is 0 Å². The normalized spacial score (nSPS) is 16.2. The Bertz CT molecular complexity index is 652. The smallest absolute Gasteiger partial charge is 0.237 e. The second-order valence-electron chi connectivity index (χ2n) is 6.30. The Morgan fingerprint density at radius 2 is 2.25 bits per heavy atom. The van der Waals surface area contributed by atoms with Crippen molar-refractivity contribution in [3.05, 3.63) is 35.6 Å². The summed E-state index contributed by atoms with van der Waals surface area (Å²) in [6, 6.07) is 4.15. The Morgan fingerprint density at radius 1 is 1.42 bits per heavy atom. The third-order valence-corrected chi connectivity index (χ3v) is 5.33. The molecule has 2 aromatic heterocycles. The van der Waals surface area contributed by atoms with E-state index in [9.17, 15) is 4.79 Å². The number of carbonyl (C=O) groups excluding carboxylic acids is 1. The molecule has 0 spiro atoms. The summed E-state index contributed by atoms with van der Waals surface area (Å²) in [5.74, 6) is 0.108. The number of amides is 1. The lowest BCUT2D eigenvalue weighted by atomic mass is 10.2. The summed E-state index contributed by atoms with van der Waals surface area (Å²) in [5.41, 5.74) is 2.10. The van der Waals surface area contributed by atoms with Crippen LogP contribution in [0.25, 0.3) is 10.6 Å². The molecule has 1 atom stereocenters. The van der Waals surface area contributed by atoms with Gasteiger partial charge in [-0.15, -0.1) is 11.3 Å². The number of hydrogen-bond donors (Lipinski definition) is 2. The second kappa shape index (κ2) is 8.35. The van der Waals surface area contributed by atoms with E-state index in [1.165, 1.54) is 12.8 Å². The van der Waals surface area contributed by atoms with Gasteiger partial charge in [0.1, 0.15) is 5.01 Å². The third-order valence-electron chi connectivity index (χ3n) is 4.39. The van der Waals surface area contributed by atoms with E-state index in [4.69, 9.17) is 0 Å². The number of aromatic nitrogens is 2. The summed E-state index contributed by atoms with van der Waals surface area (Å²) in [5, 5.41) is 9.49. The van der Waals surface area contributed by atoms with E-state index in [0.717, 1.165) is 42.1 Å². The van der Waals surface area contributed by atoms with Crippen molar-refractivity contribution in [2.75, 3.05) is 6.54 Å². The summed E-state index contributed by atoms with van der Waals surface area (Å²) in [6.45, 7) is 2.67. The lowest BCUT2D eigenvalue weighted by Crippen LogP contribution is -2.46. The predicted molar refractivity (Wildman–Crippen MR) is 96.9 cm³/mol. The zero-order chi connectivity index (χ0) is 16.8. The largest absolute Gasteiger partial charge is 0.352 e. The first-order valence-corrected chi connectivity index (χ1v) is 9.49. The molecule has 1 unspecified atom stereocenters. The van der Waals surface area contributed by atoms with Gasteiger partial charge in [0.25, 0.3) is 0 Å². The Morgan fingerprint density at radius 3 is 3.00 bits per heavy atom. The van der Waals surface area contributed by atoms with Crippen LogP contribution in [-0.2, 0) is 11.2 Å². The van der Waals surface area contributed by atoms with Crippen molar-refractivity contribution < 1.29 is 4.79 Å². The number of pyridine rings is 1. The molecule has 0 saturated heterocycles. The average molecular weight is 344 g/mol. The molecule has 0 aromatic carbocycles. The number of hydrogen-bond acceptors (Lipinski definition) is 5. The van der Waals surface area contributed by atoms with E-state index in [-0.39, 0.29) is 11.9 Å². The number of nitrogens with zero attached hydrogens (tertiary/aromatic N) is 2. The Labute approximate surface area is 146 Å². The fourth-order valence-electron chi connectivity index (χ4n) is 2.95. The minimum absolute atomic E-state index is 0.108. The molecular formula is C18H24N4OS. The summed E-state index contributed by atoms with van der Waals surface area (Å²) >= 11 is 1.63. The van der Waals surface area contributed by atoms with Crippen molar-refractivity contribution in [2.45, 2.75) is 51.1 Å². The first-order valence-electron chi connectivity index (χ1n) is 8.61. The van der Waals surface area contributed by atoms with Gasteiger partial charge < -0.3 is 10.6 Å². The second-order valence-corrected chi connectivity index (χ2v) is 7.16. The van der Waals surface area contributed by atoms with Gasteiger partial charge >= 0.3 is 0 Å². The zero-order valence-corrected chi connectivity index (χ0v) is 14.8. The molecule has 6 heteroatoms. The zero-order valence-electron chi connectivity index (χ0n) is 14.0. The first-order chi connectivity index (χ1) is 11.7. The van der Waals surface area contributed by atoms with Crippen LogP contribution in [0.5, 0.6) is 0 Å². The van der Waals surface area contributed by atoms with Crippen LogP contribution < -0.4 is 10.6 Å². The van der Waals surface area contributed by atoms with Crippen molar-refractivity contribution in [1.29, 1.82) is 0 Å². The number of nitrogens with one attached hydrogen (secondary N) is 2. The molecule has 3 rings (SSSR count). The molecule has 0 radical (unpaired) electrons. The molecule has 0 bridgehead atoms. The van der Waals surface area contributed by atoms with Gasteiger partial charge in [0.15, 0.2) is 0 Å². The summed E-state index contributed by atoms with van der Waals surface area (Å²) in [7, 11) is 0. The molecule has 1 fully saturated rings. The van der Waals surface area contributed by atoms with Gasteiger partial charge in [0.05, 0.1) is 11.7 Å². The maximum Gasteiger partial charge on any atom is 0.237 e. The molecule has 128 valence electrons. The van der Waals surface area contributed by atoms with Crippen molar-refractivity contribution in [3.8, 4) is 10.6 Å². The molecule has 1 saturated carbocycles. The molecule has 2 aromatic rings. The van der Waals surface area contributed by atoms with Crippen LogP contribution in [0.15, 0.2) is 29.9 Å². The van der Waals surface area contributed by atoms with Gasteiger partial charge in [0, 0.05) is 42.3 Å². The minimum atomic E-state index is -0.165. The molecule has 1 aliphatic rings. The minimum Gasteiger partial charge on any atom is -0.352 e. The molecule has 0 aliphatic heterocycles. The fourth-order valence-corrected chi connectivity index (χ4v) is 3.79. The quantitative estimate of drug-likeness (QED) is 0.810. The van der Waals surface area contributed by atoms with E-state index < -0.39 is 0 Å². The first kappa shape index (κ1) is 17.0. The van der Waals surface area contributed by atoms with Gasteiger partial charge in [-0.1, -0.05) is 12.8 Å². The Balaban J connectivity index is 1.43. The molecule has 24 heavy (non-hydrogen) atoms. The van der Waals surface area contributed by atoms with Gasteiger partial charge in [-0.3, -0.25) is 9.78 Å². The van der Waals surface area contributed by atoms with Gasteiger partial charge in [-0.05, 0) is 31.9 Å². The van der Waals surface area contributed by atoms with E-state index >= 15 is 0 Å². The molecule has 1 aliphatic carbocycles. The SMILES string of the molecule is CC(NCCc1csc(-c2cccnc2)n1)C(=O)NC1CCCC1. The molecule has 2 N–H and O–H groups in total. The number of rotatable bonds is 7. The highest BCUT2D eigenvalue weighted by Gasteiger charge is 2.20. The van der Waals surface area contributed by atoms with Crippen molar-refractivity contribution in [1.82, 2.24) is 20.6 Å². The highest BCUT2D eigenvalue weighted by molar-refractivity contribution is 7.13. The molecule has 5 nitrogen and oxygen atoms in total. The Hall–Kier alpha value is -1.79. The fraction of sp³-hybridized carbons (Fsp3) is 0.500.